The van der Waals surface area contributed by atoms with Crippen molar-refractivity contribution in [1.29, 1.82) is 10.5 Å². The highest BCUT2D eigenvalue weighted by molar-refractivity contribution is 7.98. The van der Waals surface area contributed by atoms with Crippen LogP contribution in [0.15, 0.2) is 23.1 Å². The van der Waals surface area contributed by atoms with Gasteiger partial charge in [0, 0.05) is 4.90 Å². The molecule has 0 atom stereocenters. The molecule has 12 heavy (non-hydrogen) atoms. The predicted molar refractivity (Wildman–Crippen MR) is 47.7 cm³/mol. The fraction of sp³-hybridized carbons (Fsp3) is 0.111. The van der Waals surface area contributed by atoms with Crippen LogP contribution in [0.1, 0.15) is 11.1 Å². The van der Waals surface area contributed by atoms with Crippen LogP contribution in [0.2, 0.25) is 0 Å². The Balaban J connectivity index is 3.24. The SMILES string of the molecule is CSc1ccc(C#N)cc1C#N. The molecule has 0 aromatic heterocycles. The summed E-state index contributed by atoms with van der Waals surface area (Å²) >= 11 is 1.51. The average Bonchev–Trinajstić information content (AvgIpc) is 2.16. The van der Waals surface area contributed by atoms with Crippen molar-refractivity contribution >= 4 is 11.8 Å². The molecule has 1 aromatic carbocycles. The highest BCUT2D eigenvalue weighted by Crippen LogP contribution is 2.20. The third kappa shape index (κ3) is 1.58. The van der Waals surface area contributed by atoms with E-state index in [1.54, 1.807) is 18.2 Å². The zero-order valence-corrected chi connectivity index (χ0v) is 7.35. The lowest BCUT2D eigenvalue weighted by molar-refractivity contribution is 1.35. The monoisotopic (exact) mass is 174 g/mol. The molecule has 0 saturated carbocycles. The molecule has 58 valence electrons. The van der Waals surface area contributed by atoms with Crippen molar-refractivity contribution in [2.24, 2.45) is 0 Å². The molecule has 0 heterocycles. The molecular formula is C9H6N2S. The van der Waals surface area contributed by atoms with Crippen LogP contribution < -0.4 is 0 Å². The number of nitriles is 2. The van der Waals surface area contributed by atoms with Gasteiger partial charge in [-0.1, -0.05) is 0 Å². The van der Waals surface area contributed by atoms with Crippen LogP contribution >= 0.6 is 11.8 Å². The topological polar surface area (TPSA) is 47.6 Å². The predicted octanol–water partition coefficient (Wildman–Crippen LogP) is 2.15. The Morgan fingerprint density at radius 1 is 1.25 bits per heavy atom. The molecule has 0 saturated heterocycles. The lowest BCUT2D eigenvalue weighted by Gasteiger charge is -1.98. The quantitative estimate of drug-likeness (QED) is 0.613. The lowest BCUT2D eigenvalue weighted by Crippen LogP contribution is -1.82. The van der Waals surface area contributed by atoms with Gasteiger partial charge in [-0.15, -0.1) is 11.8 Å². The zero-order chi connectivity index (χ0) is 8.97. The van der Waals surface area contributed by atoms with Crippen LogP contribution in [0.4, 0.5) is 0 Å². The first-order valence-corrected chi connectivity index (χ1v) is 4.52. The molecule has 2 nitrogen and oxygen atoms in total. The smallest absolute Gasteiger partial charge is 0.100 e. The zero-order valence-electron chi connectivity index (χ0n) is 6.53. The van der Waals surface area contributed by atoms with E-state index in [1.165, 1.54) is 11.8 Å². The van der Waals surface area contributed by atoms with Crippen LogP contribution in [0.3, 0.4) is 0 Å². The van der Waals surface area contributed by atoms with Crippen LogP contribution in [0.5, 0.6) is 0 Å². The van der Waals surface area contributed by atoms with Gasteiger partial charge in [0.2, 0.25) is 0 Å². The van der Waals surface area contributed by atoms with Crippen molar-refractivity contribution in [3.05, 3.63) is 29.3 Å². The molecule has 1 rings (SSSR count). The van der Waals surface area contributed by atoms with E-state index in [9.17, 15) is 0 Å². The largest absolute Gasteiger partial charge is 0.192 e. The Morgan fingerprint density at radius 3 is 2.50 bits per heavy atom. The van der Waals surface area contributed by atoms with Gasteiger partial charge in [0.05, 0.1) is 17.2 Å². The standard InChI is InChI=1S/C9H6N2S/c1-12-9-3-2-7(5-10)4-8(9)6-11/h2-4H,1H3. The van der Waals surface area contributed by atoms with E-state index in [-0.39, 0.29) is 0 Å². The van der Waals surface area contributed by atoms with E-state index < -0.39 is 0 Å². The molecule has 1 aromatic rings. The molecule has 0 bridgehead atoms. The van der Waals surface area contributed by atoms with Crippen molar-refractivity contribution in [2.45, 2.75) is 4.90 Å². The van der Waals surface area contributed by atoms with Gasteiger partial charge < -0.3 is 0 Å². The summed E-state index contributed by atoms with van der Waals surface area (Å²) in [4.78, 5) is 0.913. The number of thioether (sulfide) groups is 1. The second-order valence-corrected chi connectivity index (χ2v) is 2.99. The Hall–Kier alpha value is -1.45. The number of benzene rings is 1. The first-order chi connectivity index (χ1) is 5.81. The van der Waals surface area contributed by atoms with Gasteiger partial charge in [-0.05, 0) is 24.5 Å². The van der Waals surface area contributed by atoms with Gasteiger partial charge in [0.1, 0.15) is 6.07 Å². The van der Waals surface area contributed by atoms with Gasteiger partial charge in [0.25, 0.3) is 0 Å². The maximum absolute atomic E-state index is 8.70. The maximum atomic E-state index is 8.70. The molecule has 0 aliphatic heterocycles. The molecule has 0 amide bonds. The molecule has 0 aliphatic carbocycles. The van der Waals surface area contributed by atoms with Gasteiger partial charge in [-0.3, -0.25) is 0 Å². The first kappa shape index (κ1) is 8.64. The van der Waals surface area contributed by atoms with Crippen LogP contribution in [-0.2, 0) is 0 Å². The number of hydrogen-bond donors (Lipinski definition) is 0. The van der Waals surface area contributed by atoms with E-state index >= 15 is 0 Å². The van der Waals surface area contributed by atoms with Gasteiger partial charge >= 0.3 is 0 Å². The fourth-order valence-corrected chi connectivity index (χ4v) is 1.39. The second-order valence-electron chi connectivity index (χ2n) is 2.14. The Morgan fingerprint density at radius 2 is 2.00 bits per heavy atom. The minimum atomic E-state index is 0.532. The third-order valence-electron chi connectivity index (χ3n) is 1.45. The molecule has 0 N–H and O–H groups in total. The van der Waals surface area contributed by atoms with E-state index in [0.29, 0.717) is 11.1 Å². The Bertz CT molecular complexity index is 371. The van der Waals surface area contributed by atoms with Crippen molar-refractivity contribution < 1.29 is 0 Å². The first-order valence-electron chi connectivity index (χ1n) is 3.30. The Kier molecular flexibility index (Phi) is 2.74. The van der Waals surface area contributed by atoms with Crippen molar-refractivity contribution in [3.63, 3.8) is 0 Å². The summed E-state index contributed by atoms with van der Waals surface area (Å²) in [5, 5.41) is 17.3. The number of nitrogens with zero attached hydrogens (tertiary/aromatic N) is 2. The highest BCUT2D eigenvalue weighted by atomic mass is 32.2. The normalized spacial score (nSPS) is 8.58. The van der Waals surface area contributed by atoms with Crippen LogP contribution in [0, 0.1) is 22.7 Å². The fourth-order valence-electron chi connectivity index (χ4n) is 0.865. The molecule has 3 heteroatoms. The van der Waals surface area contributed by atoms with E-state index in [0.717, 1.165) is 4.90 Å². The summed E-state index contributed by atoms with van der Waals surface area (Å²) in [6.07, 6.45) is 1.90. The Labute approximate surface area is 75.4 Å². The van der Waals surface area contributed by atoms with Crippen molar-refractivity contribution in [1.82, 2.24) is 0 Å². The third-order valence-corrected chi connectivity index (χ3v) is 2.24. The molecule has 0 radical (unpaired) electrons. The summed E-state index contributed by atoms with van der Waals surface area (Å²) in [6.45, 7) is 0. The van der Waals surface area contributed by atoms with Crippen molar-refractivity contribution in [3.8, 4) is 12.1 Å². The lowest BCUT2D eigenvalue weighted by atomic mass is 10.1. The number of hydrogen-bond acceptors (Lipinski definition) is 3. The summed E-state index contributed by atoms with van der Waals surface area (Å²) in [7, 11) is 0. The number of rotatable bonds is 1. The highest BCUT2D eigenvalue weighted by Gasteiger charge is 2.00. The molecule has 0 fully saturated rings. The minimum absolute atomic E-state index is 0.532. The summed E-state index contributed by atoms with van der Waals surface area (Å²) in [6, 6.07) is 9.15. The molecule has 0 aliphatic rings. The van der Waals surface area contributed by atoms with E-state index in [1.807, 2.05) is 18.4 Å². The van der Waals surface area contributed by atoms with Gasteiger partial charge in [-0.25, -0.2) is 0 Å². The van der Waals surface area contributed by atoms with Gasteiger partial charge in [0.15, 0.2) is 0 Å². The second kappa shape index (κ2) is 3.80. The molecule has 0 unspecified atom stereocenters. The molecule has 0 spiro atoms. The summed E-state index contributed by atoms with van der Waals surface area (Å²) < 4.78 is 0. The van der Waals surface area contributed by atoms with Crippen LogP contribution in [-0.4, -0.2) is 6.26 Å². The van der Waals surface area contributed by atoms with Gasteiger partial charge in [-0.2, -0.15) is 10.5 Å². The average molecular weight is 174 g/mol. The maximum Gasteiger partial charge on any atom is 0.100 e. The molecular weight excluding hydrogens is 168 g/mol. The van der Waals surface area contributed by atoms with Crippen molar-refractivity contribution in [2.75, 3.05) is 6.26 Å². The minimum Gasteiger partial charge on any atom is -0.192 e. The van der Waals surface area contributed by atoms with Crippen LogP contribution in [0.25, 0.3) is 0 Å². The van der Waals surface area contributed by atoms with E-state index in [2.05, 4.69) is 0 Å². The summed E-state index contributed by atoms with van der Waals surface area (Å²) in [5.74, 6) is 0. The summed E-state index contributed by atoms with van der Waals surface area (Å²) in [5.41, 5.74) is 1.10. The van der Waals surface area contributed by atoms with E-state index in [4.69, 9.17) is 10.5 Å².